The molecule has 0 radical (unpaired) electrons. The van der Waals surface area contributed by atoms with Gasteiger partial charge in [0.05, 0.1) is 6.10 Å². The highest BCUT2D eigenvalue weighted by Crippen LogP contribution is 2.65. The van der Waals surface area contributed by atoms with E-state index in [-0.39, 0.29) is 0 Å². The van der Waals surface area contributed by atoms with Crippen molar-refractivity contribution in [3.05, 3.63) is 23.3 Å². The van der Waals surface area contributed by atoms with Crippen molar-refractivity contribution in [2.24, 2.45) is 34.5 Å². The maximum atomic E-state index is 9.77. The topological polar surface area (TPSA) is 38.7 Å². The van der Waals surface area contributed by atoms with Gasteiger partial charge in [-0.25, -0.2) is 0 Å². The van der Waals surface area contributed by atoms with Gasteiger partial charge in [0.15, 0.2) is 0 Å². The Kier molecular flexibility index (Phi) is 5.33. The van der Waals surface area contributed by atoms with Crippen LogP contribution in [0, 0.1) is 34.5 Å². The summed E-state index contributed by atoms with van der Waals surface area (Å²) in [4.78, 5) is 0. The van der Waals surface area contributed by atoms with Gasteiger partial charge in [0.1, 0.15) is 6.79 Å². The largest absolute Gasteiger partial charge is 0.396 e. The van der Waals surface area contributed by atoms with Crippen LogP contribution in [-0.2, 0) is 9.47 Å². The zero-order chi connectivity index (χ0) is 19.2. The molecule has 0 amide bonds. The first-order valence-electron chi connectivity index (χ1n) is 11.1. The first-order chi connectivity index (χ1) is 12.9. The van der Waals surface area contributed by atoms with Crippen molar-refractivity contribution in [3.63, 3.8) is 0 Å². The molecule has 0 saturated heterocycles. The minimum Gasteiger partial charge on any atom is -0.396 e. The van der Waals surface area contributed by atoms with Crippen LogP contribution in [0.4, 0.5) is 0 Å². The fourth-order valence-electron chi connectivity index (χ4n) is 7.38. The summed E-state index contributed by atoms with van der Waals surface area (Å²) in [5.74, 6) is 2.52. The van der Waals surface area contributed by atoms with Gasteiger partial charge in [-0.1, -0.05) is 44.1 Å². The average Bonchev–Trinajstić information content (AvgIpc) is 3.02. The predicted octanol–water partition coefficient (Wildman–Crippen LogP) is 5.10. The Labute approximate surface area is 165 Å². The van der Waals surface area contributed by atoms with E-state index >= 15 is 0 Å². The van der Waals surface area contributed by atoms with Crippen LogP contribution in [0.2, 0.25) is 0 Å². The molecule has 0 aromatic heterocycles. The lowest BCUT2D eigenvalue weighted by atomic mass is 9.50. The minimum absolute atomic E-state index is 0.314. The van der Waals surface area contributed by atoms with E-state index in [0.717, 1.165) is 12.8 Å². The highest BCUT2D eigenvalue weighted by Gasteiger charge is 2.56. The van der Waals surface area contributed by atoms with Gasteiger partial charge in [0.2, 0.25) is 0 Å². The fourth-order valence-corrected chi connectivity index (χ4v) is 7.38. The number of rotatable bonds is 5. The zero-order valence-corrected chi connectivity index (χ0v) is 17.7. The van der Waals surface area contributed by atoms with Crippen LogP contribution < -0.4 is 0 Å². The van der Waals surface area contributed by atoms with Crippen molar-refractivity contribution in [1.82, 2.24) is 0 Å². The number of aliphatic hydroxyl groups is 1. The number of ether oxygens (including phenoxy) is 2. The lowest BCUT2D eigenvalue weighted by Crippen LogP contribution is -2.47. The molecule has 7 atom stereocenters. The lowest BCUT2D eigenvalue weighted by Gasteiger charge is -2.55. The quantitative estimate of drug-likeness (QED) is 0.680. The van der Waals surface area contributed by atoms with Crippen molar-refractivity contribution in [1.29, 1.82) is 0 Å². The molecule has 4 rings (SSSR count). The van der Waals surface area contributed by atoms with Crippen LogP contribution >= 0.6 is 0 Å². The molecule has 3 heteroatoms. The minimum atomic E-state index is 0.314. The SMILES string of the molecule is COCOC1CC[C@@]2(C)C(=CC=C3[C@@H]4CC[C@H](C(C)CO)[C@@]4(C)CC[C@@H]32)C1. The van der Waals surface area contributed by atoms with E-state index in [0.29, 0.717) is 54.0 Å². The van der Waals surface area contributed by atoms with Gasteiger partial charge in [-0.2, -0.15) is 0 Å². The van der Waals surface area contributed by atoms with Gasteiger partial charge < -0.3 is 14.6 Å². The molecule has 0 aromatic carbocycles. The molecule has 0 spiro atoms. The van der Waals surface area contributed by atoms with Crippen LogP contribution in [0.3, 0.4) is 0 Å². The lowest BCUT2D eigenvalue weighted by molar-refractivity contribution is -0.0865. The van der Waals surface area contributed by atoms with E-state index in [2.05, 4.69) is 32.9 Å². The molecule has 2 unspecified atom stereocenters. The maximum Gasteiger partial charge on any atom is 0.146 e. The number of fused-ring (bicyclic) bond motifs is 5. The molecule has 152 valence electrons. The number of allylic oxidation sites excluding steroid dienone is 3. The summed E-state index contributed by atoms with van der Waals surface area (Å²) in [5, 5.41) is 9.77. The number of methoxy groups -OCH3 is 1. The van der Waals surface area contributed by atoms with E-state index in [4.69, 9.17) is 9.47 Å². The van der Waals surface area contributed by atoms with Gasteiger partial charge >= 0.3 is 0 Å². The van der Waals surface area contributed by atoms with Gasteiger partial charge in [-0.05, 0) is 79.4 Å². The molecular formula is C24H38O3. The van der Waals surface area contributed by atoms with Gasteiger partial charge in [-0.3, -0.25) is 0 Å². The van der Waals surface area contributed by atoms with Crippen molar-refractivity contribution in [3.8, 4) is 0 Å². The Morgan fingerprint density at radius 1 is 1.11 bits per heavy atom. The van der Waals surface area contributed by atoms with Crippen LogP contribution in [0.15, 0.2) is 23.3 Å². The van der Waals surface area contributed by atoms with Crippen LogP contribution in [0.5, 0.6) is 0 Å². The van der Waals surface area contributed by atoms with E-state index in [9.17, 15) is 5.11 Å². The maximum absolute atomic E-state index is 9.77. The van der Waals surface area contributed by atoms with E-state index < -0.39 is 0 Å². The zero-order valence-electron chi connectivity index (χ0n) is 17.7. The third kappa shape index (κ3) is 3.05. The van der Waals surface area contributed by atoms with Crippen LogP contribution in [0.25, 0.3) is 0 Å². The number of hydrogen-bond acceptors (Lipinski definition) is 3. The molecule has 3 nitrogen and oxygen atoms in total. The van der Waals surface area contributed by atoms with Crippen molar-refractivity contribution >= 4 is 0 Å². The Bertz CT molecular complexity index is 623. The molecule has 0 aromatic rings. The molecule has 4 aliphatic carbocycles. The van der Waals surface area contributed by atoms with Crippen molar-refractivity contribution in [2.45, 2.75) is 71.8 Å². The predicted molar refractivity (Wildman–Crippen MR) is 108 cm³/mol. The second-order valence-electron chi connectivity index (χ2n) is 10.2. The Morgan fingerprint density at radius 2 is 1.93 bits per heavy atom. The third-order valence-electron chi connectivity index (χ3n) is 9.00. The summed E-state index contributed by atoms with van der Waals surface area (Å²) in [6.45, 7) is 8.04. The fraction of sp³-hybridized carbons (Fsp3) is 0.833. The molecule has 27 heavy (non-hydrogen) atoms. The summed E-state index contributed by atoms with van der Waals surface area (Å²) < 4.78 is 11.0. The average molecular weight is 375 g/mol. The second-order valence-corrected chi connectivity index (χ2v) is 10.2. The molecule has 4 aliphatic rings. The Hall–Kier alpha value is -0.640. The van der Waals surface area contributed by atoms with E-state index in [1.807, 2.05) is 0 Å². The monoisotopic (exact) mass is 374 g/mol. The molecule has 0 heterocycles. The standard InChI is InChI=1S/C24H38O3/c1-16(14-25)20-7-8-21-19-6-5-17-13-18(27-15-26-4)9-11-23(17,2)22(19)10-12-24(20,21)3/h5-6,16,18,20-22,25H,7-15H2,1-4H3/t16?,18?,20-,21+,22+,23+,24-/m1/s1. The molecule has 1 N–H and O–H groups in total. The first kappa shape index (κ1) is 19.7. The summed E-state index contributed by atoms with van der Waals surface area (Å²) in [5.41, 5.74) is 4.04. The van der Waals surface area contributed by atoms with E-state index in [1.54, 1.807) is 18.3 Å². The smallest absolute Gasteiger partial charge is 0.146 e. The summed E-state index contributed by atoms with van der Waals surface area (Å²) in [6, 6.07) is 0. The summed E-state index contributed by atoms with van der Waals surface area (Å²) in [6.07, 6.45) is 13.9. The molecule has 0 aliphatic heterocycles. The number of hydrogen-bond donors (Lipinski definition) is 1. The highest BCUT2D eigenvalue weighted by atomic mass is 16.7. The molecular weight excluding hydrogens is 336 g/mol. The normalized spacial score (nSPS) is 44.6. The van der Waals surface area contributed by atoms with Crippen molar-refractivity contribution in [2.75, 3.05) is 20.5 Å². The Balaban J connectivity index is 1.59. The number of aliphatic hydroxyl groups excluding tert-OH is 1. The summed E-state index contributed by atoms with van der Waals surface area (Å²) in [7, 11) is 1.70. The highest BCUT2D eigenvalue weighted by molar-refractivity contribution is 5.38. The van der Waals surface area contributed by atoms with Gasteiger partial charge in [0.25, 0.3) is 0 Å². The van der Waals surface area contributed by atoms with Gasteiger partial charge in [-0.15, -0.1) is 0 Å². The molecule has 3 saturated carbocycles. The Morgan fingerprint density at radius 3 is 2.67 bits per heavy atom. The van der Waals surface area contributed by atoms with Gasteiger partial charge in [0, 0.05) is 13.7 Å². The van der Waals surface area contributed by atoms with Crippen LogP contribution in [-0.4, -0.2) is 31.7 Å². The first-order valence-corrected chi connectivity index (χ1v) is 11.1. The van der Waals surface area contributed by atoms with Crippen molar-refractivity contribution < 1.29 is 14.6 Å². The molecule has 3 fully saturated rings. The summed E-state index contributed by atoms with van der Waals surface area (Å²) >= 11 is 0. The van der Waals surface area contributed by atoms with E-state index in [1.165, 1.54) is 32.1 Å². The molecule has 0 bridgehead atoms. The third-order valence-corrected chi connectivity index (χ3v) is 9.00. The second kappa shape index (κ2) is 7.31. The van der Waals surface area contributed by atoms with Crippen LogP contribution in [0.1, 0.15) is 65.7 Å².